The molecule has 1 aromatic carbocycles. The van der Waals surface area contributed by atoms with Crippen molar-refractivity contribution in [1.82, 2.24) is 4.90 Å². The molecule has 0 aromatic heterocycles. The molecule has 0 unspecified atom stereocenters. The standard InChI is InChI=1S/C12H13F2NO2/c13-8-3-4-11(14)10(6-8)12(17)15-5-1-2-9(15)7-16/h3-4,6,9,16H,1-2,5,7H2/t9-/m0/s1. The van der Waals surface area contributed by atoms with Gasteiger partial charge in [0.2, 0.25) is 0 Å². The van der Waals surface area contributed by atoms with Gasteiger partial charge in [-0.3, -0.25) is 4.79 Å². The van der Waals surface area contributed by atoms with Crippen LogP contribution in [0.5, 0.6) is 0 Å². The zero-order chi connectivity index (χ0) is 12.4. The minimum atomic E-state index is -0.736. The Labute approximate surface area is 97.7 Å². The molecule has 1 N–H and O–H groups in total. The lowest BCUT2D eigenvalue weighted by molar-refractivity contribution is 0.0672. The number of nitrogens with zero attached hydrogens (tertiary/aromatic N) is 1. The van der Waals surface area contributed by atoms with Crippen LogP contribution in [0.4, 0.5) is 8.78 Å². The third kappa shape index (κ3) is 2.29. The van der Waals surface area contributed by atoms with Gasteiger partial charge in [0.1, 0.15) is 11.6 Å². The molecule has 1 saturated heterocycles. The van der Waals surface area contributed by atoms with Crippen molar-refractivity contribution in [3.63, 3.8) is 0 Å². The number of benzene rings is 1. The fourth-order valence-electron chi connectivity index (χ4n) is 2.11. The van der Waals surface area contributed by atoms with Crippen LogP contribution < -0.4 is 0 Å². The third-order valence-corrected chi connectivity index (χ3v) is 3.01. The maximum Gasteiger partial charge on any atom is 0.257 e. The number of carbonyl (C=O) groups is 1. The molecular formula is C12H13F2NO2. The average molecular weight is 241 g/mol. The first-order chi connectivity index (χ1) is 8.13. The second-order valence-corrected chi connectivity index (χ2v) is 4.10. The van der Waals surface area contributed by atoms with E-state index in [9.17, 15) is 13.6 Å². The van der Waals surface area contributed by atoms with Gasteiger partial charge in [0.05, 0.1) is 18.2 Å². The number of aliphatic hydroxyl groups excluding tert-OH is 1. The normalized spacial score (nSPS) is 19.7. The Bertz CT molecular complexity index is 437. The summed E-state index contributed by atoms with van der Waals surface area (Å²) in [7, 11) is 0. The number of hydrogen-bond donors (Lipinski definition) is 1. The number of rotatable bonds is 2. The van der Waals surface area contributed by atoms with Crippen molar-refractivity contribution >= 4 is 5.91 Å². The summed E-state index contributed by atoms with van der Waals surface area (Å²) in [6, 6.07) is 2.52. The van der Waals surface area contributed by atoms with Gasteiger partial charge in [-0.2, -0.15) is 0 Å². The van der Waals surface area contributed by atoms with E-state index in [0.29, 0.717) is 13.0 Å². The molecule has 5 heteroatoms. The van der Waals surface area contributed by atoms with Gasteiger partial charge in [-0.1, -0.05) is 0 Å². The Morgan fingerprint density at radius 1 is 1.47 bits per heavy atom. The van der Waals surface area contributed by atoms with E-state index in [2.05, 4.69) is 0 Å². The Hall–Kier alpha value is -1.49. The minimum absolute atomic E-state index is 0.150. The second kappa shape index (κ2) is 4.79. The number of hydrogen-bond acceptors (Lipinski definition) is 2. The summed E-state index contributed by atoms with van der Waals surface area (Å²) in [5, 5.41) is 9.09. The van der Waals surface area contributed by atoms with Gasteiger partial charge in [0.25, 0.3) is 5.91 Å². The summed E-state index contributed by atoms with van der Waals surface area (Å²) in [6.45, 7) is 0.322. The Kier molecular flexibility index (Phi) is 3.38. The van der Waals surface area contributed by atoms with E-state index >= 15 is 0 Å². The third-order valence-electron chi connectivity index (χ3n) is 3.01. The molecule has 0 aliphatic carbocycles. The van der Waals surface area contributed by atoms with Gasteiger partial charge in [-0.25, -0.2) is 8.78 Å². The van der Waals surface area contributed by atoms with Crippen molar-refractivity contribution < 1.29 is 18.7 Å². The van der Waals surface area contributed by atoms with Crippen molar-refractivity contribution in [1.29, 1.82) is 0 Å². The molecule has 3 nitrogen and oxygen atoms in total. The summed E-state index contributed by atoms with van der Waals surface area (Å²) in [6.07, 6.45) is 1.47. The molecule has 0 radical (unpaired) electrons. The molecule has 2 rings (SSSR count). The summed E-state index contributed by atoms with van der Waals surface area (Å²) in [4.78, 5) is 13.4. The van der Waals surface area contributed by atoms with Crippen LogP contribution in [0, 0.1) is 11.6 Å². The van der Waals surface area contributed by atoms with E-state index in [1.165, 1.54) is 4.90 Å². The molecule has 1 fully saturated rings. The van der Waals surface area contributed by atoms with Crippen LogP contribution in [-0.4, -0.2) is 35.1 Å². The van der Waals surface area contributed by atoms with Gasteiger partial charge in [0, 0.05) is 6.54 Å². The molecule has 1 aromatic rings. The van der Waals surface area contributed by atoms with Crippen molar-refractivity contribution in [2.24, 2.45) is 0 Å². The lowest BCUT2D eigenvalue weighted by atomic mass is 10.1. The zero-order valence-corrected chi connectivity index (χ0v) is 9.20. The summed E-state index contributed by atoms with van der Waals surface area (Å²) in [5.41, 5.74) is -0.273. The first-order valence-electron chi connectivity index (χ1n) is 5.50. The van der Waals surface area contributed by atoms with E-state index in [0.717, 1.165) is 24.6 Å². The Balaban J connectivity index is 2.27. The maximum atomic E-state index is 13.4. The van der Waals surface area contributed by atoms with Crippen LogP contribution >= 0.6 is 0 Å². The SMILES string of the molecule is O=C(c1cc(F)ccc1F)N1CCC[C@H]1CO. The quantitative estimate of drug-likeness (QED) is 0.853. The molecule has 1 atom stereocenters. The minimum Gasteiger partial charge on any atom is -0.394 e. The first-order valence-corrected chi connectivity index (χ1v) is 5.50. The molecule has 0 bridgehead atoms. The number of amides is 1. The molecule has 17 heavy (non-hydrogen) atoms. The van der Waals surface area contributed by atoms with Crippen LogP contribution in [0.15, 0.2) is 18.2 Å². The van der Waals surface area contributed by atoms with Gasteiger partial charge >= 0.3 is 0 Å². The van der Waals surface area contributed by atoms with Crippen molar-refractivity contribution in [2.45, 2.75) is 18.9 Å². The molecular weight excluding hydrogens is 228 g/mol. The van der Waals surface area contributed by atoms with Crippen molar-refractivity contribution in [2.75, 3.05) is 13.2 Å². The molecule has 1 amide bonds. The van der Waals surface area contributed by atoms with Gasteiger partial charge in [-0.15, -0.1) is 0 Å². The molecule has 1 heterocycles. The molecule has 0 spiro atoms. The largest absolute Gasteiger partial charge is 0.394 e. The average Bonchev–Trinajstić information content (AvgIpc) is 2.79. The number of likely N-dealkylation sites (tertiary alicyclic amines) is 1. The lowest BCUT2D eigenvalue weighted by Gasteiger charge is -2.23. The van der Waals surface area contributed by atoms with E-state index in [-0.39, 0.29) is 18.2 Å². The monoisotopic (exact) mass is 241 g/mol. The first kappa shape index (κ1) is 12.0. The highest BCUT2D eigenvalue weighted by molar-refractivity contribution is 5.94. The number of aliphatic hydroxyl groups is 1. The highest BCUT2D eigenvalue weighted by atomic mass is 19.1. The van der Waals surface area contributed by atoms with E-state index in [4.69, 9.17) is 5.11 Å². The van der Waals surface area contributed by atoms with Crippen LogP contribution in [-0.2, 0) is 0 Å². The van der Waals surface area contributed by atoms with Crippen molar-refractivity contribution in [3.05, 3.63) is 35.4 Å². The maximum absolute atomic E-state index is 13.4. The highest BCUT2D eigenvalue weighted by Gasteiger charge is 2.30. The fraction of sp³-hybridized carbons (Fsp3) is 0.417. The molecule has 1 aliphatic heterocycles. The van der Waals surface area contributed by atoms with E-state index < -0.39 is 17.5 Å². The fourth-order valence-corrected chi connectivity index (χ4v) is 2.11. The summed E-state index contributed by atoms with van der Waals surface area (Å²) < 4.78 is 26.4. The topological polar surface area (TPSA) is 40.5 Å². The van der Waals surface area contributed by atoms with E-state index in [1.54, 1.807) is 0 Å². The Morgan fingerprint density at radius 2 is 2.24 bits per heavy atom. The number of carbonyl (C=O) groups excluding carboxylic acids is 1. The van der Waals surface area contributed by atoms with Gasteiger partial charge < -0.3 is 10.0 Å². The van der Waals surface area contributed by atoms with E-state index in [1.807, 2.05) is 0 Å². The highest BCUT2D eigenvalue weighted by Crippen LogP contribution is 2.21. The Morgan fingerprint density at radius 3 is 2.94 bits per heavy atom. The predicted molar refractivity (Wildman–Crippen MR) is 57.5 cm³/mol. The van der Waals surface area contributed by atoms with Gasteiger partial charge in [0.15, 0.2) is 0 Å². The van der Waals surface area contributed by atoms with Crippen LogP contribution in [0.2, 0.25) is 0 Å². The summed E-state index contributed by atoms with van der Waals surface area (Å²) in [5.74, 6) is -1.94. The number of halogens is 2. The smallest absolute Gasteiger partial charge is 0.257 e. The predicted octanol–water partition coefficient (Wildman–Crippen LogP) is 1.56. The second-order valence-electron chi connectivity index (χ2n) is 4.10. The molecule has 92 valence electrons. The zero-order valence-electron chi connectivity index (χ0n) is 9.20. The van der Waals surface area contributed by atoms with Crippen LogP contribution in [0.3, 0.4) is 0 Å². The van der Waals surface area contributed by atoms with Gasteiger partial charge in [-0.05, 0) is 31.0 Å². The molecule has 1 aliphatic rings. The van der Waals surface area contributed by atoms with Crippen LogP contribution in [0.1, 0.15) is 23.2 Å². The van der Waals surface area contributed by atoms with Crippen molar-refractivity contribution in [3.8, 4) is 0 Å². The summed E-state index contributed by atoms with van der Waals surface area (Å²) >= 11 is 0. The lowest BCUT2D eigenvalue weighted by Crippen LogP contribution is -2.38. The van der Waals surface area contributed by atoms with Crippen LogP contribution in [0.25, 0.3) is 0 Å². The molecule has 0 saturated carbocycles.